The Kier molecular flexibility index (Phi) is 3.04. The predicted octanol–water partition coefficient (Wildman–Crippen LogP) is 2.48. The summed E-state index contributed by atoms with van der Waals surface area (Å²) in [5.41, 5.74) is 1.41. The molecule has 1 aromatic carbocycles. The van der Waals surface area contributed by atoms with Gasteiger partial charge in [-0.05, 0) is 39.3 Å². The summed E-state index contributed by atoms with van der Waals surface area (Å²) in [6.07, 6.45) is 0.675. The minimum Gasteiger partial charge on any atom is -0.508 e. The first-order chi connectivity index (χ1) is 7.92. The second-order valence-corrected chi connectivity index (χ2v) is 5.46. The highest BCUT2D eigenvalue weighted by atomic mass is 16.3. The lowest BCUT2D eigenvalue weighted by Gasteiger charge is -2.23. The van der Waals surface area contributed by atoms with Crippen LogP contribution in [0.4, 0.5) is 5.69 Å². The van der Waals surface area contributed by atoms with Crippen molar-refractivity contribution in [1.29, 1.82) is 0 Å². The number of phenolic OH excluding ortho intramolecular Hbond substituents is 1. The molecule has 0 spiro atoms. The molecule has 1 atom stereocenters. The maximum absolute atomic E-state index is 10.0. The van der Waals surface area contributed by atoms with Crippen LogP contribution >= 0.6 is 0 Å². The molecule has 0 radical (unpaired) electrons. The Morgan fingerprint density at radius 2 is 2.12 bits per heavy atom. The number of nitrogens with zero attached hydrogens (tertiary/aromatic N) is 1. The van der Waals surface area contributed by atoms with Crippen molar-refractivity contribution in [2.24, 2.45) is 0 Å². The van der Waals surface area contributed by atoms with Crippen molar-refractivity contribution in [3.8, 4) is 5.75 Å². The highest BCUT2D eigenvalue weighted by Crippen LogP contribution is 2.44. The van der Waals surface area contributed by atoms with Crippen molar-refractivity contribution in [3.63, 3.8) is 0 Å². The molecular formula is C14H21NO2. The van der Waals surface area contributed by atoms with Gasteiger partial charge in [0.25, 0.3) is 0 Å². The summed E-state index contributed by atoms with van der Waals surface area (Å²) in [7, 11) is 0. The number of fused-ring (bicyclic) bond motifs is 1. The fraction of sp³-hybridized carbons (Fsp3) is 0.571. The Hall–Kier alpha value is -1.22. The van der Waals surface area contributed by atoms with E-state index < -0.39 is 5.60 Å². The molecule has 17 heavy (non-hydrogen) atoms. The second-order valence-electron chi connectivity index (χ2n) is 5.46. The van der Waals surface area contributed by atoms with Gasteiger partial charge in [0.1, 0.15) is 5.75 Å². The number of rotatable bonds is 3. The van der Waals surface area contributed by atoms with E-state index in [0.717, 1.165) is 24.3 Å². The van der Waals surface area contributed by atoms with E-state index in [1.54, 1.807) is 6.07 Å². The van der Waals surface area contributed by atoms with E-state index in [0.29, 0.717) is 12.2 Å². The quantitative estimate of drug-likeness (QED) is 0.846. The summed E-state index contributed by atoms with van der Waals surface area (Å²) >= 11 is 0. The number of phenols is 1. The van der Waals surface area contributed by atoms with Crippen molar-refractivity contribution >= 4 is 5.69 Å². The molecule has 0 saturated heterocycles. The first-order valence-corrected chi connectivity index (χ1v) is 6.21. The van der Waals surface area contributed by atoms with E-state index in [2.05, 4.69) is 11.8 Å². The van der Waals surface area contributed by atoms with Crippen molar-refractivity contribution in [2.45, 2.75) is 38.7 Å². The van der Waals surface area contributed by atoms with Crippen molar-refractivity contribution in [2.75, 3.05) is 18.0 Å². The summed E-state index contributed by atoms with van der Waals surface area (Å²) in [5, 5.41) is 20.0. The normalized spacial score (nSPS) is 19.5. The standard InChI is InChI=1S/C14H21NO2/c1-4-15-9-10(8-14(2,3)17)13-11(15)6-5-7-12(13)16/h5-7,10,16-17H,4,8-9H2,1-3H3. The molecule has 2 rings (SSSR count). The van der Waals surface area contributed by atoms with Gasteiger partial charge in [0.2, 0.25) is 0 Å². The van der Waals surface area contributed by atoms with E-state index in [1.807, 2.05) is 26.0 Å². The molecule has 0 amide bonds. The molecule has 1 heterocycles. The van der Waals surface area contributed by atoms with Crippen LogP contribution in [0.25, 0.3) is 0 Å². The van der Waals surface area contributed by atoms with Gasteiger partial charge in [0.05, 0.1) is 5.60 Å². The third-order valence-corrected chi connectivity index (χ3v) is 3.38. The van der Waals surface area contributed by atoms with E-state index >= 15 is 0 Å². The zero-order chi connectivity index (χ0) is 12.6. The molecule has 0 saturated carbocycles. The fourth-order valence-corrected chi connectivity index (χ4v) is 2.76. The number of hydrogen-bond acceptors (Lipinski definition) is 3. The van der Waals surface area contributed by atoms with Gasteiger partial charge in [-0.1, -0.05) is 6.07 Å². The van der Waals surface area contributed by atoms with Gasteiger partial charge in [-0.2, -0.15) is 0 Å². The molecule has 1 aromatic rings. The van der Waals surface area contributed by atoms with Gasteiger partial charge in [0.15, 0.2) is 0 Å². The maximum Gasteiger partial charge on any atom is 0.121 e. The Labute approximate surface area is 103 Å². The van der Waals surface area contributed by atoms with Crippen LogP contribution in [-0.2, 0) is 0 Å². The smallest absolute Gasteiger partial charge is 0.121 e. The van der Waals surface area contributed by atoms with Gasteiger partial charge in [-0.25, -0.2) is 0 Å². The van der Waals surface area contributed by atoms with Crippen LogP contribution in [0.5, 0.6) is 5.75 Å². The van der Waals surface area contributed by atoms with Gasteiger partial charge < -0.3 is 15.1 Å². The second kappa shape index (κ2) is 4.22. The highest BCUT2D eigenvalue weighted by molar-refractivity contribution is 5.65. The Morgan fingerprint density at radius 1 is 1.41 bits per heavy atom. The minimum atomic E-state index is -0.700. The van der Waals surface area contributed by atoms with Gasteiger partial charge in [-0.3, -0.25) is 0 Å². The number of anilines is 1. The van der Waals surface area contributed by atoms with Gasteiger partial charge >= 0.3 is 0 Å². The zero-order valence-electron chi connectivity index (χ0n) is 10.8. The average molecular weight is 235 g/mol. The van der Waals surface area contributed by atoms with Crippen LogP contribution in [0.15, 0.2) is 18.2 Å². The Bertz CT molecular complexity index is 409. The van der Waals surface area contributed by atoms with Crippen LogP contribution in [0.3, 0.4) is 0 Å². The molecule has 2 N–H and O–H groups in total. The largest absolute Gasteiger partial charge is 0.508 e. The van der Waals surface area contributed by atoms with E-state index in [4.69, 9.17) is 0 Å². The lowest BCUT2D eigenvalue weighted by molar-refractivity contribution is 0.0642. The number of aliphatic hydroxyl groups is 1. The van der Waals surface area contributed by atoms with Crippen molar-refractivity contribution in [1.82, 2.24) is 0 Å². The van der Waals surface area contributed by atoms with Gasteiger partial charge in [0, 0.05) is 30.3 Å². The Morgan fingerprint density at radius 3 is 2.71 bits per heavy atom. The summed E-state index contributed by atoms with van der Waals surface area (Å²) in [6.45, 7) is 7.56. The zero-order valence-corrected chi connectivity index (χ0v) is 10.8. The SMILES string of the molecule is CCN1CC(CC(C)(C)O)c2c(O)cccc21. The molecule has 3 nitrogen and oxygen atoms in total. The fourth-order valence-electron chi connectivity index (χ4n) is 2.76. The highest BCUT2D eigenvalue weighted by Gasteiger charge is 2.33. The lowest BCUT2D eigenvalue weighted by atomic mass is 9.89. The molecule has 1 aliphatic heterocycles. The number of hydrogen-bond donors (Lipinski definition) is 2. The molecule has 0 bridgehead atoms. The van der Waals surface area contributed by atoms with E-state index in [1.165, 1.54) is 0 Å². The third-order valence-electron chi connectivity index (χ3n) is 3.38. The minimum absolute atomic E-state index is 0.214. The number of likely N-dealkylation sites (N-methyl/N-ethyl adjacent to an activating group) is 1. The first-order valence-electron chi connectivity index (χ1n) is 6.21. The molecule has 0 aromatic heterocycles. The monoisotopic (exact) mass is 235 g/mol. The van der Waals surface area contributed by atoms with E-state index in [9.17, 15) is 10.2 Å². The summed E-state index contributed by atoms with van der Waals surface area (Å²) in [5.74, 6) is 0.568. The van der Waals surface area contributed by atoms with Crippen molar-refractivity contribution in [3.05, 3.63) is 23.8 Å². The molecule has 0 aliphatic carbocycles. The summed E-state index contributed by atoms with van der Waals surface area (Å²) < 4.78 is 0. The predicted molar refractivity (Wildman–Crippen MR) is 69.6 cm³/mol. The average Bonchev–Trinajstić information content (AvgIpc) is 2.55. The molecule has 1 unspecified atom stereocenters. The van der Waals surface area contributed by atoms with E-state index in [-0.39, 0.29) is 5.92 Å². The molecule has 94 valence electrons. The Balaban J connectivity index is 2.35. The van der Waals surface area contributed by atoms with Crippen LogP contribution in [0.2, 0.25) is 0 Å². The van der Waals surface area contributed by atoms with Crippen LogP contribution < -0.4 is 4.90 Å². The summed E-state index contributed by atoms with van der Waals surface area (Å²) in [4.78, 5) is 2.26. The molecule has 1 aliphatic rings. The topological polar surface area (TPSA) is 43.7 Å². The third kappa shape index (κ3) is 2.39. The van der Waals surface area contributed by atoms with Gasteiger partial charge in [-0.15, -0.1) is 0 Å². The van der Waals surface area contributed by atoms with Crippen LogP contribution in [-0.4, -0.2) is 28.9 Å². The first kappa shape index (κ1) is 12.2. The maximum atomic E-state index is 10.0. The lowest BCUT2D eigenvalue weighted by Crippen LogP contribution is -2.26. The van der Waals surface area contributed by atoms with Crippen LogP contribution in [0.1, 0.15) is 38.7 Å². The molecule has 0 fully saturated rings. The molecular weight excluding hydrogens is 214 g/mol. The summed E-state index contributed by atoms with van der Waals surface area (Å²) in [6, 6.07) is 5.65. The number of benzene rings is 1. The van der Waals surface area contributed by atoms with Crippen LogP contribution in [0, 0.1) is 0 Å². The number of aromatic hydroxyl groups is 1. The van der Waals surface area contributed by atoms with Crippen molar-refractivity contribution < 1.29 is 10.2 Å². The molecule has 3 heteroatoms.